The van der Waals surface area contributed by atoms with Crippen molar-refractivity contribution >= 4 is 23.7 Å². The van der Waals surface area contributed by atoms with Crippen LogP contribution in [0.15, 0.2) is 10.6 Å². The molecule has 1 unspecified atom stereocenters. The van der Waals surface area contributed by atoms with Crippen LogP contribution in [0.25, 0.3) is 10.8 Å². The van der Waals surface area contributed by atoms with Crippen molar-refractivity contribution in [3.05, 3.63) is 22.3 Å². The SMILES string of the molecule is CNC(C)Cc1noc(-c2cc3c(s2)CCCCC3)n1.Cl. The van der Waals surface area contributed by atoms with Crippen LogP contribution >= 0.6 is 23.7 Å². The molecule has 21 heavy (non-hydrogen) atoms. The Bertz CT molecular complexity index is 558. The Kier molecular flexibility index (Phi) is 5.79. The first-order valence-electron chi connectivity index (χ1n) is 7.38. The summed E-state index contributed by atoms with van der Waals surface area (Å²) in [5.74, 6) is 1.46. The lowest BCUT2D eigenvalue weighted by Crippen LogP contribution is -2.24. The Balaban J connectivity index is 0.00000161. The van der Waals surface area contributed by atoms with Crippen molar-refractivity contribution in [2.45, 2.75) is 51.5 Å². The molecule has 1 aliphatic rings. The van der Waals surface area contributed by atoms with Crippen molar-refractivity contribution in [3.63, 3.8) is 0 Å². The van der Waals surface area contributed by atoms with E-state index in [0.29, 0.717) is 11.9 Å². The maximum Gasteiger partial charge on any atom is 0.268 e. The number of aromatic nitrogens is 2. The number of hydrogen-bond acceptors (Lipinski definition) is 5. The van der Waals surface area contributed by atoms with E-state index in [1.807, 2.05) is 18.4 Å². The van der Waals surface area contributed by atoms with E-state index in [-0.39, 0.29) is 12.4 Å². The molecule has 0 radical (unpaired) electrons. The quantitative estimate of drug-likeness (QED) is 0.871. The molecule has 2 heterocycles. The van der Waals surface area contributed by atoms with Gasteiger partial charge in [0.15, 0.2) is 5.82 Å². The van der Waals surface area contributed by atoms with Gasteiger partial charge < -0.3 is 9.84 Å². The van der Waals surface area contributed by atoms with Gasteiger partial charge in [0, 0.05) is 17.3 Å². The molecule has 1 atom stereocenters. The predicted octanol–water partition coefficient (Wildman–Crippen LogP) is 3.64. The van der Waals surface area contributed by atoms with Gasteiger partial charge in [0.25, 0.3) is 5.89 Å². The molecule has 0 saturated heterocycles. The summed E-state index contributed by atoms with van der Waals surface area (Å²) in [7, 11) is 1.95. The Labute approximate surface area is 135 Å². The molecular weight excluding hydrogens is 306 g/mol. The van der Waals surface area contributed by atoms with Crippen LogP contribution in [0.3, 0.4) is 0 Å². The number of hydrogen-bond donors (Lipinski definition) is 1. The zero-order valence-corrected chi connectivity index (χ0v) is 14.1. The first-order chi connectivity index (χ1) is 9.76. The average molecular weight is 328 g/mol. The topological polar surface area (TPSA) is 51.0 Å². The van der Waals surface area contributed by atoms with E-state index in [1.54, 1.807) is 0 Å². The summed E-state index contributed by atoms with van der Waals surface area (Å²) in [5.41, 5.74) is 1.49. The second kappa shape index (κ2) is 7.38. The highest BCUT2D eigenvalue weighted by Gasteiger charge is 2.17. The van der Waals surface area contributed by atoms with E-state index in [1.165, 1.54) is 42.5 Å². The van der Waals surface area contributed by atoms with Gasteiger partial charge in [0.05, 0.1) is 4.88 Å². The van der Waals surface area contributed by atoms with Crippen molar-refractivity contribution in [2.24, 2.45) is 0 Å². The smallest absolute Gasteiger partial charge is 0.268 e. The zero-order chi connectivity index (χ0) is 13.9. The highest BCUT2D eigenvalue weighted by molar-refractivity contribution is 7.15. The summed E-state index contributed by atoms with van der Waals surface area (Å²) >= 11 is 1.83. The highest BCUT2D eigenvalue weighted by atomic mass is 35.5. The third-order valence-electron chi connectivity index (χ3n) is 3.91. The molecular formula is C15H22ClN3OS. The monoisotopic (exact) mass is 327 g/mol. The Morgan fingerprint density at radius 3 is 2.95 bits per heavy atom. The van der Waals surface area contributed by atoms with Crippen molar-refractivity contribution < 1.29 is 4.52 Å². The van der Waals surface area contributed by atoms with Crippen LogP contribution in [0.5, 0.6) is 0 Å². The summed E-state index contributed by atoms with van der Waals surface area (Å²) in [6.07, 6.45) is 7.16. The summed E-state index contributed by atoms with van der Waals surface area (Å²) in [5, 5.41) is 7.28. The van der Waals surface area contributed by atoms with E-state index in [0.717, 1.165) is 17.1 Å². The number of halogens is 1. The van der Waals surface area contributed by atoms with Crippen LogP contribution < -0.4 is 5.32 Å². The van der Waals surface area contributed by atoms with Crippen molar-refractivity contribution in [3.8, 4) is 10.8 Å². The third-order valence-corrected chi connectivity index (χ3v) is 5.13. The highest BCUT2D eigenvalue weighted by Crippen LogP contribution is 2.34. The van der Waals surface area contributed by atoms with Gasteiger partial charge in [0.2, 0.25) is 0 Å². The van der Waals surface area contributed by atoms with E-state index >= 15 is 0 Å². The second-order valence-electron chi connectivity index (χ2n) is 5.53. The standard InChI is InChI=1S/C15H21N3OS.ClH/c1-10(16-2)8-14-17-15(19-18-14)13-9-11-6-4-3-5-7-12(11)20-13;/h9-10,16H,3-8H2,1-2H3;1H. The Morgan fingerprint density at radius 1 is 1.33 bits per heavy atom. The lowest BCUT2D eigenvalue weighted by atomic mass is 10.1. The van der Waals surface area contributed by atoms with Gasteiger partial charge in [-0.15, -0.1) is 23.7 Å². The van der Waals surface area contributed by atoms with Crippen LogP contribution in [0, 0.1) is 0 Å². The van der Waals surface area contributed by atoms with Crippen molar-refractivity contribution in [1.29, 1.82) is 0 Å². The minimum Gasteiger partial charge on any atom is -0.333 e. The third kappa shape index (κ3) is 3.84. The fourth-order valence-electron chi connectivity index (χ4n) is 2.59. The maximum absolute atomic E-state index is 5.43. The molecule has 116 valence electrons. The molecule has 6 heteroatoms. The first-order valence-corrected chi connectivity index (χ1v) is 8.19. The molecule has 1 N–H and O–H groups in total. The Hall–Kier alpha value is -0.910. The minimum absolute atomic E-state index is 0. The molecule has 4 nitrogen and oxygen atoms in total. The summed E-state index contributed by atoms with van der Waals surface area (Å²) in [4.78, 5) is 7.17. The fraction of sp³-hybridized carbons (Fsp3) is 0.600. The molecule has 1 aliphatic carbocycles. The van der Waals surface area contributed by atoms with Gasteiger partial charge in [-0.25, -0.2) is 0 Å². The summed E-state index contributed by atoms with van der Waals surface area (Å²) in [6.45, 7) is 2.11. The predicted molar refractivity (Wildman–Crippen MR) is 88.3 cm³/mol. The Morgan fingerprint density at radius 2 is 2.14 bits per heavy atom. The molecule has 0 aliphatic heterocycles. The van der Waals surface area contributed by atoms with Crippen LogP contribution in [0.4, 0.5) is 0 Å². The molecule has 0 aromatic carbocycles. The van der Waals surface area contributed by atoms with Gasteiger partial charge in [-0.3, -0.25) is 0 Å². The van der Waals surface area contributed by atoms with E-state index in [2.05, 4.69) is 28.4 Å². The maximum atomic E-state index is 5.43. The van der Waals surface area contributed by atoms with Crippen LogP contribution in [0.1, 0.15) is 42.5 Å². The number of rotatable bonds is 4. The largest absolute Gasteiger partial charge is 0.333 e. The number of likely N-dealkylation sites (N-methyl/N-ethyl adjacent to an activating group) is 1. The normalized spacial score (nSPS) is 15.9. The average Bonchev–Trinajstić information content (AvgIpc) is 3.01. The molecule has 0 spiro atoms. The second-order valence-corrected chi connectivity index (χ2v) is 6.67. The van der Waals surface area contributed by atoms with Gasteiger partial charge in [0.1, 0.15) is 0 Å². The molecule has 3 rings (SSSR count). The van der Waals surface area contributed by atoms with E-state index in [9.17, 15) is 0 Å². The molecule has 2 aromatic heterocycles. The van der Waals surface area contributed by atoms with Gasteiger partial charge in [-0.05, 0) is 51.3 Å². The van der Waals surface area contributed by atoms with Gasteiger partial charge >= 0.3 is 0 Å². The zero-order valence-electron chi connectivity index (χ0n) is 12.5. The molecule has 2 aromatic rings. The minimum atomic E-state index is 0. The molecule has 0 amide bonds. The molecule has 0 bridgehead atoms. The number of nitrogens with one attached hydrogen (secondary N) is 1. The lowest BCUT2D eigenvalue weighted by molar-refractivity contribution is 0.419. The molecule has 0 saturated carbocycles. The number of thiophene rings is 1. The van der Waals surface area contributed by atoms with Crippen LogP contribution in [-0.2, 0) is 19.3 Å². The van der Waals surface area contributed by atoms with E-state index < -0.39 is 0 Å². The van der Waals surface area contributed by atoms with Crippen LogP contribution in [0.2, 0.25) is 0 Å². The first kappa shape index (κ1) is 16.5. The summed E-state index contributed by atoms with van der Waals surface area (Å²) < 4.78 is 5.43. The summed E-state index contributed by atoms with van der Waals surface area (Å²) in [6, 6.07) is 2.62. The lowest BCUT2D eigenvalue weighted by Gasteiger charge is -2.04. The van der Waals surface area contributed by atoms with Gasteiger partial charge in [-0.1, -0.05) is 11.6 Å². The number of aryl methyl sites for hydroxylation is 2. The van der Waals surface area contributed by atoms with Crippen LogP contribution in [-0.4, -0.2) is 23.2 Å². The van der Waals surface area contributed by atoms with Crippen molar-refractivity contribution in [1.82, 2.24) is 15.5 Å². The number of nitrogens with zero attached hydrogens (tertiary/aromatic N) is 2. The van der Waals surface area contributed by atoms with Crippen molar-refractivity contribution in [2.75, 3.05) is 7.05 Å². The number of fused-ring (bicyclic) bond motifs is 1. The fourth-order valence-corrected chi connectivity index (χ4v) is 3.76. The molecule has 0 fully saturated rings. The van der Waals surface area contributed by atoms with E-state index in [4.69, 9.17) is 4.52 Å². The van der Waals surface area contributed by atoms with Gasteiger partial charge in [-0.2, -0.15) is 4.98 Å².